The summed E-state index contributed by atoms with van der Waals surface area (Å²) in [6.45, 7) is -0.542. The monoisotopic (exact) mass is 151 g/mol. The van der Waals surface area contributed by atoms with E-state index in [0.717, 1.165) is 0 Å². The van der Waals surface area contributed by atoms with E-state index in [1.165, 1.54) is 0 Å². The van der Waals surface area contributed by atoms with Crippen molar-refractivity contribution in [1.82, 2.24) is 0 Å². The zero-order valence-corrected chi connectivity index (χ0v) is 5.14. The van der Waals surface area contributed by atoms with Gasteiger partial charge in [0.05, 0.1) is 7.98 Å². The van der Waals surface area contributed by atoms with E-state index in [2.05, 4.69) is 4.74 Å². The van der Waals surface area contributed by atoms with Crippen LogP contribution in [0.1, 0.15) is 1.37 Å². The van der Waals surface area contributed by atoms with E-state index in [1.54, 1.807) is 0 Å². The average molecular weight is 151 g/mol. The lowest BCUT2D eigenvalue weighted by atomic mass is 10.1. The predicted molar refractivity (Wildman–Crippen MR) is 30.0 cm³/mol. The molecule has 5 heteroatoms. The summed E-state index contributed by atoms with van der Waals surface area (Å²) in [4.78, 5) is 0. The number of hydrogen-bond acceptors (Lipinski definition) is 5. The molecule has 5 nitrogen and oxygen atoms in total. The maximum Gasteiger partial charge on any atom is 0.184 e. The highest BCUT2D eigenvalue weighted by atomic mass is 16.6. The molecule has 1 rings (SSSR count). The molecule has 1 aliphatic rings. The van der Waals surface area contributed by atoms with Crippen molar-refractivity contribution >= 4 is 0 Å². The Morgan fingerprint density at radius 3 is 2.20 bits per heavy atom. The van der Waals surface area contributed by atoms with E-state index in [0.29, 0.717) is 0 Å². The van der Waals surface area contributed by atoms with Crippen LogP contribution in [-0.4, -0.2) is 51.6 Å². The van der Waals surface area contributed by atoms with Gasteiger partial charge >= 0.3 is 0 Å². The highest BCUT2D eigenvalue weighted by molar-refractivity contribution is 4.84. The molecule has 0 bridgehead atoms. The molecule has 1 aliphatic heterocycles. The van der Waals surface area contributed by atoms with Crippen molar-refractivity contribution in [2.75, 3.05) is 6.61 Å². The number of aliphatic hydroxyl groups excluding tert-OH is 3. The fourth-order valence-electron chi connectivity index (χ4n) is 0.789. The van der Waals surface area contributed by atoms with Crippen LogP contribution in [0.4, 0.5) is 0 Å². The van der Waals surface area contributed by atoms with Gasteiger partial charge in [-0.2, -0.15) is 0 Å². The van der Waals surface area contributed by atoms with Crippen molar-refractivity contribution in [3.8, 4) is 0 Å². The summed E-state index contributed by atoms with van der Waals surface area (Å²) in [5.74, 6) is 0. The van der Waals surface area contributed by atoms with Crippen LogP contribution < -0.4 is 0 Å². The van der Waals surface area contributed by atoms with Crippen molar-refractivity contribution in [3.63, 3.8) is 0 Å². The average Bonchev–Trinajstić information content (AvgIpc) is 2.14. The molecule has 10 heavy (non-hydrogen) atoms. The third-order valence-corrected chi connectivity index (χ3v) is 1.39. The number of hydrogen-bond donors (Lipinski definition) is 4. The van der Waals surface area contributed by atoms with Gasteiger partial charge < -0.3 is 25.2 Å². The Morgan fingerprint density at radius 2 is 2.00 bits per heavy atom. The fourth-order valence-corrected chi connectivity index (χ4v) is 0.789. The number of ether oxygens (including phenoxy) is 1. The molecule has 0 radical (unpaired) electrons. The van der Waals surface area contributed by atoms with Crippen LogP contribution in [0.25, 0.3) is 0 Å². The molecule has 0 aromatic carbocycles. The van der Waals surface area contributed by atoms with E-state index < -0.39 is 31.2 Å². The van der Waals surface area contributed by atoms with Crippen LogP contribution >= 0.6 is 0 Å². The highest BCUT2D eigenvalue weighted by Crippen LogP contribution is 2.18. The molecule has 4 N–H and O–H groups in total. The lowest BCUT2D eigenvalue weighted by Crippen LogP contribution is -2.33. The number of rotatable bonds is 1. The zero-order chi connectivity index (χ0) is 8.65. The molecule has 60 valence electrons. The Labute approximate surface area is 58.9 Å². The summed E-state index contributed by atoms with van der Waals surface area (Å²) in [6.07, 6.45) is -6.88. The largest absolute Gasteiger partial charge is 0.394 e. The van der Waals surface area contributed by atoms with Crippen LogP contribution in [0.15, 0.2) is 0 Å². The maximum absolute atomic E-state index is 9.00. The molecule has 0 spiro atoms. The fraction of sp³-hybridized carbons (Fsp3) is 1.00. The molecule has 4 atom stereocenters. The van der Waals surface area contributed by atoms with Gasteiger partial charge in [0.25, 0.3) is 0 Å². The molecule has 0 aliphatic carbocycles. The quantitative estimate of drug-likeness (QED) is 0.330. The van der Waals surface area contributed by atoms with Crippen molar-refractivity contribution < 1.29 is 26.5 Å². The first-order valence-corrected chi connectivity index (χ1v) is 2.85. The molecule has 1 fully saturated rings. The molecule has 0 amide bonds. The summed E-state index contributed by atoms with van der Waals surface area (Å²) >= 11 is 0. The second kappa shape index (κ2) is 2.81. The van der Waals surface area contributed by atoms with Gasteiger partial charge in [-0.25, -0.2) is 0 Å². The smallest absolute Gasteiger partial charge is 0.184 e. The zero-order valence-electron chi connectivity index (χ0n) is 6.14. The summed E-state index contributed by atoms with van der Waals surface area (Å²) in [5.41, 5.74) is 0. The van der Waals surface area contributed by atoms with Gasteiger partial charge in [0.1, 0.15) is 18.3 Å². The first kappa shape index (κ1) is 6.51. The maximum atomic E-state index is 9.00. The van der Waals surface area contributed by atoms with Crippen LogP contribution in [0.5, 0.6) is 0 Å². The van der Waals surface area contributed by atoms with E-state index in [4.69, 9.17) is 21.8 Å². The predicted octanol–water partition coefficient (Wildman–Crippen LogP) is -2.58. The van der Waals surface area contributed by atoms with Crippen LogP contribution in [0.3, 0.4) is 0 Å². The summed E-state index contributed by atoms with van der Waals surface area (Å²) in [5, 5.41) is 35.3. The first-order chi connectivity index (χ1) is 5.00. The molecular formula is C5H10O5. The van der Waals surface area contributed by atoms with Crippen LogP contribution in [0, 0.1) is 0 Å². The minimum absolute atomic E-state index is 0.542. The Bertz CT molecular complexity index is 150. The van der Waals surface area contributed by atoms with E-state index in [1.807, 2.05) is 0 Å². The summed E-state index contributed by atoms with van der Waals surface area (Å²) < 4.78 is 11.4. The van der Waals surface area contributed by atoms with E-state index in [9.17, 15) is 0 Å². The third-order valence-electron chi connectivity index (χ3n) is 1.39. The van der Waals surface area contributed by atoms with Crippen molar-refractivity contribution in [2.24, 2.45) is 0 Å². The van der Waals surface area contributed by atoms with Gasteiger partial charge in [-0.15, -0.1) is 0 Å². The standard InChI is InChI=1S/C5H10O5/c6-1-2-3(7)4(8)5(9)10-2/h2-9H,1H2/t2-,3?,4+,5-/m1/s1/i4D. The second-order valence-electron chi connectivity index (χ2n) is 2.08. The highest BCUT2D eigenvalue weighted by Gasteiger charge is 2.41. The molecule has 0 aromatic rings. The Kier molecular flexibility index (Phi) is 1.83. The topological polar surface area (TPSA) is 90.2 Å². The lowest BCUT2D eigenvalue weighted by Gasteiger charge is -2.09. The molecule has 1 saturated heterocycles. The van der Waals surface area contributed by atoms with Crippen molar-refractivity contribution in [3.05, 3.63) is 0 Å². The Morgan fingerprint density at radius 1 is 1.40 bits per heavy atom. The molecule has 1 unspecified atom stereocenters. The number of aliphatic hydroxyl groups is 4. The third kappa shape index (κ3) is 1.14. The molecular weight excluding hydrogens is 140 g/mol. The molecule has 0 aromatic heterocycles. The normalized spacial score (nSPS) is 56.8. The SMILES string of the molecule is [2H][C@]1(O)C(O)[C@@H](CO)O[C@H]1O. The molecule has 0 saturated carbocycles. The summed E-state index contributed by atoms with van der Waals surface area (Å²) in [7, 11) is 0. The van der Waals surface area contributed by atoms with Gasteiger partial charge in [0.2, 0.25) is 0 Å². The van der Waals surface area contributed by atoms with Crippen molar-refractivity contribution in [1.29, 1.82) is 0 Å². The van der Waals surface area contributed by atoms with Gasteiger partial charge in [-0.1, -0.05) is 0 Å². The Balaban J connectivity index is 2.71. The lowest BCUT2D eigenvalue weighted by molar-refractivity contribution is -0.132. The van der Waals surface area contributed by atoms with Crippen molar-refractivity contribution in [2.45, 2.75) is 24.6 Å². The minimum Gasteiger partial charge on any atom is -0.394 e. The van der Waals surface area contributed by atoms with E-state index in [-0.39, 0.29) is 0 Å². The Hall–Kier alpha value is -0.200. The van der Waals surface area contributed by atoms with Gasteiger partial charge in [-0.05, 0) is 0 Å². The van der Waals surface area contributed by atoms with Gasteiger partial charge in [0, 0.05) is 0 Å². The first-order valence-electron chi connectivity index (χ1n) is 3.35. The minimum atomic E-state index is -2.44. The van der Waals surface area contributed by atoms with Crippen LogP contribution in [0.2, 0.25) is 0 Å². The second-order valence-corrected chi connectivity index (χ2v) is 2.08. The van der Waals surface area contributed by atoms with E-state index >= 15 is 0 Å². The molecule has 1 heterocycles. The van der Waals surface area contributed by atoms with Crippen LogP contribution in [-0.2, 0) is 4.74 Å². The van der Waals surface area contributed by atoms with Gasteiger partial charge in [0.15, 0.2) is 6.29 Å². The summed E-state index contributed by atoms with van der Waals surface area (Å²) in [6, 6.07) is 0. The van der Waals surface area contributed by atoms with Gasteiger partial charge in [-0.3, -0.25) is 0 Å².